The molecular formula is C22H26N2O3. The maximum Gasteiger partial charge on any atom is 0.250 e. The molecule has 0 aromatic heterocycles. The summed E-state index contributed by atoms with van der Waals surface area (Å²) in [6.07, 6.45) is 3.57. The van der Waals surface area contributed by atoms with E-state index >= 15 is 0 Å². The van der Waals surface area contributed by atoms with E-state index in [4.69, 9.17) is 9.47 Å². The summed E-state index contributed by atoms with van der Waals surface area (Å²) in [4.78, 5) is 14.3. The van der Waals surface area contributed by atoms with Crippen LogP contribution in [0, 0.1) is 0 Å². The third-order valence-corrected chi connectivity index (χ3v) is 5.41. The van der Waals surface area contributed by atoms with Crippen LogP contribution >= 0.6 is 0 Å². The van der Waals surface area contributed by atoms with Gasteiger partial charge in [-0.1, -0.05) is 24.3 Å². The molecule has 5 nitrogen and oxygen atoms in total. The number of rotatable bonds is 4. The van der Waals surface area contributed by atoms with E-state index in [1.165, 1.54) is 37.5 Å². The van der Waals surface area contributed by atoms with Gasteiger partial charge < -0.3 is 14.8 Å². The topological polar surface area (TPSA) is 50.8 Å². The highest BCUT2D eigenvalue weighted by molar-refractivity contribution is 5.91. The van der Waals surface area contributed by atoms with Crippen molar-refractivity contribution in [1.29, 1.82) is 0 Å². The van der Waals surface area contributed by atoms with Gasteiger partial charge in [0.15, 0.2) is 0 Å². The Bertz CT molecular complexity index is 821. The maximum atomic E-state index is 11.8. The van der Waals surface area contributed by atoms with Crippen molar-refractivity contribution >= 4 is 11.6 Å². The van der Waals surface area contributed by atoms with Gasteiger partial charge in [-0.15, -0.1) is 0 Å². The van der Waals surface area contributed by atoms with Crippen molar-refractivity contribution in [2.75, 3.05) is 32.2 Å². The van der Waals surface area contributed by atoms with Gasteiger partial charge in [0.05, 0.1) is 0 Å². The number of hydrogen-bond donors (Lipinski definition) is 1. The van der Waals surface area contributed by atoms with Crippen LogP contribution in [-0.4, -0.2) is 37.7 Å². The summed E-state index contributed by atoms with van der Waals surface area (Å²) in [7, 11) is 1.52. The summed E-state index contributed by atoms with van der Waals surface area (Å²) >= 11 is 0. The highest BCUT2D eigenvalue weighted by atomic mass is 16.5. The van der Waals surface area contributed by atoms with Crippen LogP contribution in [0.25, 0.3) is 0 Å². The van der Waals surface area contributed by atoms with Crippen molar-refractivity contribution < 1.29 is 14.3 Å². The highest BCUT2D eigenvalue weighted by Gasteiger charge is 2.28. The van der Waals surface area contributed by atoms with Crippen molar-refractivity contribution in [2.45, 2.75) is 31.8 Å². The van der Waals surface area contributed by atoms with Gasteiger partial charge >= 0.3 is 0 Å². The smallest absolute Gasteiger partial charge is 0.250 e. The fourth-order valence-electron chi connectivity index (χ4n) is 4.19. The Kier molecular flexibility index (Phi) is 5.41. The van der Waals surface area contributed by atoms with Gasteiger partial charge in [0.1, 0.15) is 19.0 Å². The van der Waals surface area contributed by atoms with Gasteiger partial charge in [-0.25, -0.2) is 0 Å². The molecule has 1 N–H and O–H groups in total. The molecule has 1 heterocycles. The molecule has 1 aliphatic carbocycles. The molecule has 2 aromatic carbocycles. The Morgan fingerprint density at radius 2 is 2.15 bits per heavy atom. The molecule has 0 saturated heterocycles. The lowest BCUT2D eigenvalue weighted by Gasteiger charge is -2.35. The lowest BCUT2D eigenvalue weighted by Crippen LogP contribution is -2.32. The Labute approximate surface area is 160 Å². The number of amides is 1. The second kappa shape index (κ2) is 8.11. The van der Waals surface area contributed by atoms with Crippen molar-refractivity contribution in [1.82, 2.24) is 4.90 Å². The zero-order valence-electron chi connectivity index (χ0n) is 15.7. The molecule has 4 rings (SSSR count). The molecule has 142 valence electrons. The van der Waals surface area contributed by atoms with Gasteiger partial charge in [-0.3, -0.25) is 9.69 Å². The first kappa shape index (κ1) is 18.0. The molecule has 5 heteroatoms. The molecule has 0 saturated carbocycles. The van der Waals surface area contributed by atoms with Gasteiger partial charge in [-0.2, -0.15) is 0 Å². The standard InChI is InChI=1S/C22H26N2O3/c1-26-15-22(25)23-18-9-10-21-17(13-18)14-24(11-12-27-21)20-8-4-6-16-5-2-3-7-19(16)20/h2-3,5,7,9-10,13,20H,4,6,8,11-12,14-15H2,1H3,(H,23,25). The fourth-order valence-corrected chi connectivity index (χ4v) is 4.19. The zero-order chi connectivity index (χ0) is 18.6. The maximum absolute atomic E-state index is 11.8. The summed E-state index contributed by atoms with van der Waals surface area (Å²) < 4.78 is 10.9. The largest absolute Gasteiger partial charge is 0.492 e. The number of aryl methyl sites for hydroxylation is 1. The van der Waals surface area contributed by atoms with Gasteiger partial charge in [0, 0.05) is 37.5 Å². The number of carbonyl (C=O) groups excluding carboxylic acids is 1. The first-order valence-electron chi connectivity index (χ1n) is 9.61. The molecule has 2 aliphatic rings. The molecule has 0 radical (unpaired) electrons. The number of fused-ring (bicyclic) bond motifs is 2. The molecule has 1 atom stereocenters. The summed E-state index contributed by atoms with van der Waals surface area (Å²) in [5.41, 5.74) is 4.83. The lowest BCUT2D eigenvalue weighted by atomic mass is 9.86. The summed E-state index contributed by atoms with van der Waals surface area (Å²) in [5, 5.41) is 2.89. The molecule has 0 spiro atoms. The number of nitrogens with one attached hydrogen (secondary N) is 1. The summed E-state index contributed by atoms with van der Waals surface area (Å²) in [6.45, 7) is 2.46. The molecule has 1 unspecified atom stereocenters. The number of hydrogen-bond acceptors (Lipinski definition) is 4. The van der Waals surface area contributed by atoms with Crippen molar-refractivity contribution in [2.24, 2.45) is 0 Å². The van der Waals surface area contributed by atoms with E-state index in [1.54, 1.807) is 0 Å². The van der Waals surface area contributed by atoms with Crippen LogP contribution in [0.2, 0.25) is 0 Å². The molecular weight excluding hydrogens is 340 g/mol. The van der Waals surface area contributed by atoms with E-state index in [0.717, 1.165) is 30.1 Å². The fraction of sp³-hybridized carbons (Fsp3) is 0.409. The summed E-state index contributed by atoms with van der Waals surface area (Å²) in [6, 6.07) is 15.1. The molecule has 27 heavy (non-hydrogen) atoms. The van der Waals surface area contributed by atoms with Crippen molar-refractivity contribution in [3.05, 3.63) is 59.2 Å². The first-order chi connectivity index (χ1) is 13.2. The Morgan fingerprint density at radius 1 is 1.26 bits per heavy atom. The molecule has 0 bridgehead atoms. The molecule has 2 aromatic rings. The quantitative estimate of drug-likeness (QED) is 0.899. The Hall–Kier alpha value is -2.37. The van der Waals surface area contributed by atoms with E-state index in [0.29, 0.717) is 12.6 Å². The molecule has 1 aliphatic heterocycles. The van der Waals surface area contributed by atoms with Crippen molar-refractivity contribution in [3.63, 3.8) is 0 Å². The second-order valence-electron chi connectivity index (χ2n) is 7.23. The predicted molar refractivity (Wildman–Crippen MR) is 105 cm³/mol. The zero-order valence-corrected chi connectivity index (χ0v) is 15.7. The lowest BCUT2D eigenvalue weighted by molar-refractivity contribution is -0.119. The van der Waals surface area contributed by atoms with Crippen LogP contribution in [0.1, 0.15) is 35.6 Å². The van der Waals surface area contributed by atoms with Crippen LogP contribution in [0.15, 0.2) is 42.5 Å². The summed E-state index contributed by atoms with van der Waals surface area (Å²) in [5.74, 6) is 0.761. The minimum absolute atomic E-state index is 0.0541. The Balaban J connectivity index is 1.57. The van der Waals surface area contributed by atoms with Crippen LogP contribution < -0.4 is 10.1 Å². The molecule has 0 fully saturated rings. The first-order valence-corrected chi connectivity index (χ1v) is 9.61. The minimum Gasteiger partial charge on any atom is -0.492 e. The average molecular weight is 366 g/mol. The van der Waals surface area contributed by atoms with E-state index in [9.17, 15) is 4.79 Å². The average Bonchev–Trinajstić information content (AvgIpc) is 2.89. The SMILES string of the molecule is COCC(=O)Nc1ccc2c(c1)CN(C1CCCc3ccccc31)CCO2. The number of methoxy groups -OCH3 is 1. The number of anilines is 1. The normalized spacial score (nSPS) is 19.4. The van der Waals surface area contributed by atoms with Gasteiger partial charge in [0.25, 0.3) is 0 Å². The minimum atomic E-state index is -0.148. The van der Waals surface area contributed by atoms with Crippen LogP contribution in [0.3, 0.4) is 0 Å². The van der Waals surface area contributed by atoms with Crippen LogP contribution in [0.5, 0.6) is 5.75 Å². The second-order valence-corrected chi connectivity index (χ2v) is 7.23. The van der Waals surface area contributed by atoms with E-state index in [2.05, 4.69) is 34.5 Å². The highest BCUT2D eigenvalue weighted by Crippen LogP contribution is 2.37. The molecule has 1 amide bonds. The van der Waals surface area contributed by atoms with Crippen LogP contribution in [-0.2, 0) is 22.5 Å². The monoisotopic (exact) mass is 366 g/mol. The van der Waals surface area contributed by atoms with E-state index < -0.39 is 0 Å². The number of carbonyl (C=O) groups is 1. The third kappa shape index (κ3) is 3.99. The number of benzene rings is 2. The number of nitrogens with zero attached hydrogens (tertiary/aromatic N) is 1. The number of ether oxygens (including phenoxy) is 2. The van der Waals surface area contributed by atoms with Crippen LogP contribution in [0.4, 0.5) is 5.69 Å². The van der Waals surface area contributed by atoms with E-state index in [-0.39, 0.29) is 12.5 Å². The van der Waals surface area contributed by atoms with E-state index in [1.807, 2.05) is 18.2 Å². The van der Waals surface area contributed by atoms with Crippen molar-refractivity contribution in [3.8, 4) is 5.75 Å². The van der Waals surface area contributed by atoms with Gasteiger partial charge in [0.2, 0.25) is 5.91 Å². The Morgan fingerprint density at radius 3 is 3.04 bits per heavy atom. The van der Waals surface area contributed by atoms with Gasteiger partial charge in [-0.05, 0) is 48.6 Å². The predicted octanol–water partition coefficient (Wildman–Crippen LogP) is 3.54. The third-order valence-electron chi connectivity index (χ3n) is 5.41.